The first-order valence-corrected chi connectivity index (χ1v) is 8.42. The number of hydrogen-bond donors (Lipinski definition) is 2. The van der Waals surface area contributed by atoms with E-state index >= 15 is 0 Å². The van der Waals surface area contributed by atoms with Crippen LogP contribution >= 0.6 is 0 Å². The number of nitrogens with one attached hydrogen (secondary N) is 1. The highest BCUT2D eigenvalue weighted by Crippen LogP contribution is 2.36. The lowest BCUT2D eigenvalue weighted by molar-refractivity contribution is -0.146. The SMILES string of the molecule is Cc1ccc(C(NOCC(=O)O)(c2ccccc2)c2ccccc2)cc1. The van der Waals surface area contributed by atoms with Crippen LogP contribution in [0.5, 0.6) is 0 Å². The van der Waals surface area contributed by atoms with E-state index in [1.54, 1.807) is 0 Å². The number of carboxylic acids is 1. The van der Waals surface area contributed by atoms with Crippen LogP contribution in [0.3, 0.4) is 0 Å². The summed E-state index contributed by atoms with van der Waals surface area (Å²) < 4.78 is 0. The van der Waals surface area contributed by atoms with E-state index in [1.807, 2.05) is 91.9 Å². The summed E-state index contributed by atoms with van der Waals surface area (Å²) in [5.41, 5.74) is 6.25. The third-order valence-electron chi connectivity index (χ3n) is 4.32. The zero-order valence-corrected chi connectivity index (χ0v) is 14.6. The van der Waals surface area contributed by atoms with Gasteiger partial charge in [0.15, 0.2) is 6.61 Å². The molecule has 0 saturated heterocycles. The quantitative estimate of drug-likeness (QED) is 0.503. The number of rotatable bonds is 7. The van der Waals surface area contributed by atoms with Gasteiger partial charge >= 0.3 is 5.97 Å². The van der Waals surface area contributed by atoms with Crippen molar-refractivity contribution >= 4 is 5.97 Å². The van der Waals surface area contributed by atoms with Gasteiger partial charge in [-0.3, -0.25) is 4.84 Å². The highest BCUT2D eigenvalue weighted by atomic mass is 16.7. The molecule has 3 aromatic carbocycles. The van der Waals surface area contributed by atoms with Crippen molar-refractivity contribution in [3.8, 4) is 0 Å². The molecule has 0 atom stereocenters. The normalized spacial score (nSPS) is 11.3. The topological polar surface area (TPSA) is 58.6 Å². The van der Waals surface area contributed by atoms with E-state index in [1.165, 1.54) is 0 Å². The van der Waals surface area contributed by atoms with Crippen molar-refractivity contribution in [3.05, 3.63) is 107 Å². The van der Waals surface area contributed by atoms with Crippen molar-refractivity contribution in [3.63, 3.8) is 0 Å². The van der Waals surface area contributed by atoms with Gasteiger partial charge in [-0.1, -0.05) is 90.5 Å². The zero-order chi connectivity index (χ0) is 18.4. The third kappa shape index (κ3) is 3.67. The summed E-state index contributed by atoms with van der Waals surface area (Å²) in [5.74, 6) is -1.03. The predicted octanol–water partition coefficient (Wildman–Crippen LogP) is 3.89. The van der Waals surface area contributed by atoms with Crippen molar-refractivity contribution in [2.24, 2.45) is 0 Å². The van der Waals surface area contributed by atoms with E-state index in [4.69, 9.17) is 9.94 Å². The van der Waals surface area contributed by atoms with Crippen LogP contribution in [0.1, 0.15) is 22.3 Å². The minimum atomic E-state index is -1.03. The molecule has 0 spiro atoms. The molecule has 132 valence electrons. The average Bonchev–Trinajstić information content (AvgIpc) is 2.67. The van der Waals surface area contributed by atoms with Gasteiger partial charge in [0.1, 0.15) is 5.54 Å². The van der Waals surface area contributed by atoms with Crippen LogP contribution in [0.25, 0.3) is 0 Å². The highest BCUT2D eigenvalue weighted by Gasteiger charge is 2.36. The van der Waals surface area contributed by atoms with Gasteiger partial charge in [0.05, 0.1) is 0 Å². The number of hydroxylamine groups is 1. The number of hydrogen-bond acceptors (Lipinski definition) is 3. The van der Waals surface area contributed by atoms with Crippen LogP contribution < -0.4 is 5.48 Å². The Hall–Kier alpha value is -2.95. The van der Waals surface area contributed by atoms with Gasteiger partial charge in [0, 0.05) is 0 Å². The molecule has 2 N–H and O–H groups in total. The molecule has 4 nitrogen and oxygen atoms in total. The number of benzene rings is 3. The van der Waals surface area contributed by atoms with Gasteiger partial charge in [-0.25, -0.2) is 4.79 Å². The molecule has 0 bridgehead atoms. The molecule has 0 radical (unpaired) electrons. The van der Waals surface area contributed by atoms with Crippen molar-refractivity contribution in [2.45, 2.75) is 12.5 Å². The molecule has 3 aromatic rings. The van der Waals surface area contributed by atoms with Crippen LogP contribution in [-0.2, 0) is 15.2 Å². The number of carbonyl (C=O) groups is 1. The van der Waals surface area contributed by atoms with E-state index in [0.717, 1.165) is 22.3 Å². The zero-order valence-electron chi connectivity index (χ0n) is 14.6. The summed E-state index contributed by atoms with van der Waals surface area (Å²) in [6, 6.07) is 27.9. The van der Waals surface area contributed by atoms with Crippen LogP contribution in [0.15, 0.2) is 84.9 Å². The minimum Gasteiger partial charge on any atom is -0.479 e. The fraction of sp³-hybridized carbons (Fsp3) is 0.136. The second-order valence-electron chi connectivity index (χ2n) is 6.13. The Morgan fingerprint density at radius 1 is 0.846 bits per heavy atom. The van der Waals surface area contributed by atoms with Crippen molar-refractivity contribution in [1.82, 2.24) is 5.48 Å². The van der Waals surface area contributed by atoms with E-state index < -0.39 is 18.1 Å². The first-order chi connectivity index (χ1) is 12.6. The molecule has 0 fully saturated rings. The largest absolute Gasteiger partial charge is 0.479 e. The van der Waals surface area contributed by atoms with Crippen molar-refractivity contribution in [2.75, 3.05) is 6.61 Å². The average molecular weight is 347 g/mol. The Bertz CT molecular complexity index is 806. The molecule has 4 heteroatoms. The molecule has 0 heterocycles. The molecule has 0 aliphatic carbocycles. The molecule has 0 aromatic heterocycles. The fourth-order valence-corrected chi connectivity index (χ4v) is 3.06. The smallest absolute Gasteiger partial charge is 0.331 e. The summed E-state index contributed by atoms with van der Waals surface area (Å²) in [6.45, 7) is 1.60. The third-order valence-corrected chi connectivity index (χ3v) is 4.32. The number of aryl methyl sites for hydroxylation is 1. The molecule has 26 heavy (non-hydrogen) atoms. The Balaban J connectivity index is 2.19. The lowest BCUT2D eigenvalue weighted by Crippen LogP contribution is -2.45. The van der Waals surface area contributed by atoms with E-state index in [2.05, 4.69) is 5.48 Å². The van der Waals surface area contributed by atoms with E-state index in [0.29, 0.717) is 0 Å². The molecule has 0 aliphatic rings. The summed E-state index contributed by atoms with van der Waals surface area (Å²) in [7, 11) is 0. The molecular weight excluding hydrogens is 326 g/mol. The summed E-state index contributed by atoms with van der Waals surface area (Å²) in [4.78, 5) is 16.4. The van der Waals surface area contributed by atoms with E-state index in [9.17, 15) is 4.79 Å². The lowest BCUT2D eigenvalue weighted by Gasteiger charge is -2.36. The van der Waals surface area contributed by atoms with Gasteiger partial charge in [-0.2, -0.15) is 5.48 Å². The maximum absolute atomic E-state index is 11.0. The standard InChI is InChI=1S/C22H21NO3/c1-17-12-14-20(15-13-17)22(23-26-16-21(24)25,18-8-4-2-5-9-18)19-10-6-3-7-11-19/h2-15,23H,16H2,1H3,(H,24,25). The molecule has 0 saturated carbocycles. The monoisotopic (exact) mass is 347 g/mol. The van der Waals surface area contributed by atoms with Crippen LogP contribution in [0, 0.1) is 6.92 Å². The minimum absolute atomic E-state index is 0.437. The van der Waals surface area contributed by atoms with E-state index in [-0.39, 0.29) is 0 Å². The Morgan fingerprint density at radius 3 is 1.77 bits per heavy atom. The molecule has 0 amide bonds. The van der Waals surface area contributed by atoms with Gasteiger partial charge in [0.25, 0.3) is 0 Å². The molecular formula is C22H21NO3. The summed E-state index contributed by atoms with van der Waals surface area (Å²) >= 11 is 0. The van der Waals surface area contributed by atoms with Gasteiger partial charge in [-0.15, -0.1) is 0 Å². The Morgan fingerprint density at radius 2 is 1.31 bits per heavy atom. The second kappa shape index (κ2) is 7.95. The maximum atomic E-state index is 11.0. The molecule has 3 rings (SSSR count). The van der Waals surface area contributed by atoms with Gasteiger partial charge < -0.3 is 5.11 Å². The number of carboxylic acid groups (broad SMARTS) is 1. The highest BCUT2D eigenvalue weighted by molar-refractivity contribution is 5.68. The van der Waals surface area contributed by atoms with Crippen LogP contribution in [-0.4, -0.2) is 17.7 Å². The Kier molecular flexibility index (Phi) is 5.46. The Labute approximate surface area is 153 Å². The second-order valence-corrected chi connectivity index (χ2v) is 6.13. The van der Waals surface area contributed by atoms with Crippen LogP contribution in [0.2, 0.25) is 0 Å². The van der Waals surface area contributed by atoms with Crippen molar-refractivity contribution < 1.29 is 14.7 Å². The molecule has 0 aliphatic heterocycles. The summed E-state index contributed by atoms with van der Waals surface area (Å²) in [5, 5.41) is 8.99. The first-order valence-electron chi connectivity index (χ1n) is 8.42. The summed E-state index contributed by atoms with van der Waals surface area (Å²) in [6.07, 6.45) is 0. The fourth-order valence-electron chi connectivity index (χ4n) is 3.06. The van der Waals surface area contributed by atoms with Crippen molar-refractivity contribution in [1.29, 1.82) is 0 Å². The first kappa shape index (κ1) is 17.9. The lowest BCUT2D eigenvalue weighted by atomic mass is 9.77. The van der Waals surface area contributed by atoms with Gasteiger partial charge in [0.2, 0.25) is 0 Å². The number of aliphatic carboxylic acids is 1. The van der Waals surface area contributed by atoms with Crippen LogP contribution in [0.4, 0.5) is 0 Å². The molecule has 0 unspecified atom stereocenters. The van der Waals surface area contributed by atoms with Gasteiger partial charge in [-0.05, 0) is 23.6 Å². The predicted molar refractivity (Wildman–Crippen MR) is 101 cm³/mol. The maximum Gasteiger partial charge on any atom is 0.331 e.